The Morgan fingerprint density at radius 1 is 0.655 bits per heavy atom. The van der Waals surface area contributed by atoms with Crippen LogP contribution < -0.4 is 10.4 Å². The van der Waals surface area contributed by atoms with Crippen LogP contribution in [-0.4, -0.2) is 18.3 Å². The molecular weight excluding hydrogens is 364 g/mol. The van der Waals surface area contributed by atoms with Crippen molar-refractivity contribution in [1.82, 2.24) is 0 Å². The predicted octanol–water partition coefficient (Wildman–Crippen LogP) is 5.59. The Balaban J connectivity index is 1.67. The molecule has 1 aliphatic rings. The van der Waals surface area contributed by atoms with Crippen molar-refractivity contribution in [2.24, 2.45) is 0 Å². The van der Waals surface area contributed by atoms with Crippen LogP contribution in [0.15, 0.2) is 78.9 Å². The minimum Gasteiger partial charge on any atom is -0.399 e. The lowest BCUT2D eigenvalue weighted by molar-refractivity contribution is 0.00578. The molecule has 0 amide bonds. The molecule has 1 aliphatic heterocycles. The molecule has 0 saturated carbocycles. The summed E-state index contributed by atoms with van der Waals surface area (Å²) in [6.07, 6.45) is 0. The van der Waals surface area contributed by atoms with Crippen LogP contribution in [0.5, 0.6) is 0 Å². The average molecular weight is 389 g/mol. The Morgan fingerprint density at radius 2 is 1.10 bits per heavy atom. The molecule has 3 aromatic rings. The van der Waals surface area contributed by atoms with E-state index in [4.69, 9.17) is 9.31 Å². The van der Waals surface area contributed by atoms with E-state index in [-0.39, 0.29) is 17.0 Å². The zero-order chi connectivity index (χ0) is 20.6. The summed E-state index contributed by atoms with van der Waals surface area (Å²) in [6.45, 7) is 8.19. The maximum absolute atomic E-state index is 13.5. The van der Waals surface area contributed by atoms with E-state index in [0.717, 1.165) is 22.5 Å². The maximum Gasteiger partial charge on any atom is 0.494 e. The third-order valence-electron chi connectivity index (χ3n) is 5.78. The Hall–Kier alpha value is -2.63. The van der Waals surface area contributed by atoms with Gasteiger partial charge in [0.25, 0.3) is 0 Å². The van der Waals surface area contributed by atoms with E-state index in [1.807, 2.05) is 82.3 Å². The second-order valence-corrected chi connectivity index (χ2v) is 8.33. The lowest BCUT2D eigenvalue weighted by atomic mass is 9.79. The molecule has 3 aromatic carbocycles. The molecule has 0 bridgehead atoms. The zero-order valence-electron chi connectivity index (χ0n) is 17.2. The van der Waals surface area contributed by atoms with E-state index in [2.05, 4.69) is 4.90 Å². The standard InChI is InChI=1S/C24H25BFNO2/c1-23(2)24(3,4)29-25(28-23)18-10-14-21(15-11-18)27(20-8-6-5-7-9-20)22-16-12-19(26)13-17-22/h5-17H,1-4H3. The quantitative estimate of drug-likeness (QED) is 0.543. The third kappa shape index (κ3) is 3.80. The number of rotatable bonds is 4. The van der Waals surface area contributed by atoms with Crippen molar-refractivity contribution in [3.63, 3.8) is 0 Å². The average Bonchev–Trinajstić information content (AvgIpc) is 2.92. The van der Waals surface area contributed by atoms with Crippen LogP contribution in [0.2, 0.25) is 0 Å². The maximum atomic E-state index is 13.5. The highest BCUT2D eigenvalue weighted by Crippen LogP contribution is 2.37. The molecule has 0 radical (unpaired) electrons. The smallest absolute Gasteiger partial charge is 0.399 e. The van der Waals surface area contributed by atoms with Crippen LogP contribution in [-0.2, 0) is 9.31 Å². The van der Waals surface area contributed by atoms with Gasteiger partial charge in [0.2, 0.25) is 0 Å². The molecule has 1 fully saturated rings. The van der Waals surface area contributed by atoms with Gasteiger partial charge in [-0.1, -0.05) is 30.3 Å². The fourth-order valence-electron chi connectivity index (χ4n) is 3.37. The van der Waals surface area contributed by atoms with Gasteiger partial charge in [0.05, 0.1) is 11.2 Å². The summed E-state index contributed by atoms with van der Waals surface area (Å²) < 4.78 is 25.8. The molecule has 4 rings (SSSR count). The minimum absolute atomic E-state index is 0.252. The van der Waals surface area contributed by atoms with Gasteiger partial charge in [0.15, 0.2) is 0 Å². The third-order valence-corrected chi connectivity index (χ3v) is 5.78. The van der Waals surface area contributed by atoms with Crippen molar-refractivity contribution in [3.05, 3.63) is 84.7 Å². The Bertz CT molecular complexity index is 956. The summed E-state index contributed by atoms with van der Waals surface area (Å²) in [6, 6.07) is 24.7. The first-order valence-electron chi connectivity index (χ1n) is 9.83. The Morgan fingerprint density at radius 3 is 1.62 bits per heavy atom. The first-order valence-corrected chi connectivity index (χ1v) is 9.83. The molecule has 148 valence electrons. The molecule has 3 nitrogen and oxygen atoms in total. The summed E-state index contributed by atoms with van der Waals surface area (Å²) in [5.74, 6) is -0.252. The highest BCUT2D eigenvalue weighted by Gasteiger charge is 2.51. The number of hydrogen-bond acceptors (Lipinski definition) is 3. The number of nitrogens with zero attached hydrogens (tertiary/aromatic N) is 1. The molecule has 29 heavy (non-hydrogen) atoms. The van der Waals surface area contributed by atoms with E-state index in [9.17, 15) is 4.39 Å². The highest BCUT2D eigenvalue weighted by atomic mass is 19.1. The molecular formula is C24H25BFNO2. The summed E-state index contributed by atoms with van der Waals surface area (Å²) in [5.41, 5.74) is 3.09. The SMILES string of the molecule is CC1(C)OB(c2ccc(N(c3ccccc3)c3ccc(F)cc3)cc2)OC1(C)C. The van der Waals surface area contributed by atoms with Crippen LogP contribution in [0.25, 0.3) is 0 Å². The van der Waals surface area contributed by atoms with Crippen molar-refractivity contribution in [2.75, 3.05) is 4.90 Å². The fourth-order valence-corrected chi connectivity index (χ4v) is 3.37. The van der Waals surface area contributed by atoms with E-state index in [1.54, 1.807) is 12.1 Å². The lowest BCUT2D eigenvalue weighted by Gasteiger charge is -2.32. The summed E-state index contributed by atoms with van der Waals surface area (Å²) in [4.78, 5) is 2.09. The van der Waals surface area contributed by atoms with E-state index in [1.165, 1.54) is 12.1 Å². The second kappa shape index (κ2) is 7.32. The number of para-hydroxylation sites is 1. The Labute approximate surface area is 172 Å². The van der Waals surface area contributed by atoms with Gasteiger partial charge in [-0.2, -0.15) is 0 Å². The molecule has 0 aliphatic carbocycles. The van der Waals surface area contributed by atoms with Gasteiger partial charge in [-0.05, 0) is 81.7 Å². The van der Waals surface area contributed by atoms with Gasteiger partial charge in [-0.15, -0.1) is 0 Å². The monoisotopic (exact) mass is 389 g/mol. The van der Waals surface area contributed by atoms with E-state index >= 15 is 0 Å². The Kier molecular flexibility index (Phi) is 4.97. The number of hydrogen-bond donors (Lipinski definition) is 0. The highest BCUT2D eigenvalue weighted by molar-refractivity contribution is 6.62. The fraction of sp³-hybridized carbons (Fsp3) is 0.250. The molecule has 0 spiro atoms. The summed E-state index contributed by atoms with van der Waals surface area (Å²) in [5, 5.41) is 0. The van der Waals surface area contributed by atoms with Crippen molar-refractivity contribution >= 4 is 29.6 Å². The van der Waals surface area contributed by atoms with Crippen LogP contribution >= 0.6 is 0 Å². The van der Waals surface area contributed by atoms with E-state index in [0.29, 0.717) is 0 Å². The van der Waals surface area contributed by atoms with Crippen molar-refractivity contribution < 1.29 is 13.7 Å². The summed E-state index contributed by atoms with van der Waals surface area (Å²) >= 11 is 0. The number of benzene rings is 3. The van der Waals surface area contributed by atoms with Gasteiger partial charge in [-0.3, -0.25) is 0 Å². The molecule has 1 heterocycles. The van der Waals surface area contributed by atoms with Gasteiger partial charge < -0.3 is 14.2 Å². The second-order valence-electron chi connectivity index (χ2n) is 8.33. The molecule has 1 saturated heterocycles. The van der Waals surface area contributed by atoms with Crippen LogP contribution in [0.4, 0.5) is 21.5 Å². The minimum atomic E-state index is -0.398. The van der Waals surface area contributed by atoms with Gasteiger partial charge in [0, 0.05) is 17.1 Å². The summed E-state index contributed by atoms with van der Waals surface area (Å²) in [7, 11) is -0.398. The molecule has 0 unspecified atom stereocenters. The van der Waals surface area contributed by atoms with Crippen LogP contribution in [0, 0.1) is 5.82 Å². The van der Waals surface area contributed by atoms with Crippen molar-refractivity contribution in [3.8, 4) is 0 Å². The number of anilines is 3. The zero-order valence-corrected chi connectivity index (χ0v) is 17.2. The van der Waals surface area contributed by atoms with Crippen LogP contribution in [0.3, 0.4) is 0 Å². The van der Waals surface area contributed by atoms with Gasteiger partial charge in [0.1, 0.15) is 5.82 Å². The van der Waals surface area contributed by atoms with Crippen molar-refractivity contribution in [2.45, 2.75) is 38.9 Å². The molecule has 0 N–H and O–H groups in total. The van der Waals surface area contributed by atoms with Gasteiger partial charge >= 0.3 is 7.12 Å². The molecule has 0 aromatic heterocycles. The largest absolute Gasteiger partial charge is 0.494 e. The predicted molar refractivity (Wildman–Crippen MR) is 117 cm³/mol. The lowest BCUT2D eigenvalue weighted by Crippen LogP contribution is -2.41. The van der Waals surface area contributed by atoms with Gasteiger partial charge in [-0.25, -0.2) is 4.39 Å². The first kappa shape index (κ1) is 19.7. The van der Waals surface area contributed by atoms with Crippen molar-refractivity contribution in [1.29, 1.82) is 0 Å². The first-order chi connectivity index (χ1) is 13.8. The number of halogens is 1. The van der Waals surface area contributed by atoms with E-state index < -0.39 is 7.12 Å². The normalized spacial score (nSPS) is 17.3. The van der Waals surface area contributed by atoms with Crippen LogP contribution in [0.1, 0.15) is 27.7 Å². The molecule has 0 atom stereocenters. The molecule has 5 heteroatoms. The topological polar surface area (TPSA) is 21.7 Å².